The van der Waals surface area contributed by atoms with Gasteiger partial charge >= 0.3 is 0 Å². The fourth-order valence-corrected chi connectivity index (χ4v) is 2.94. The van der Waals surface area contributed by atoms with Crippen molar-refractivity contribution < 1.29 is 4.79 Å². The van der Waals surface area contributed by atoms with Crippen molar-refractivity contribution in [3.05, 3.63) is 59.9 Å². The van der Waals surface area contributed by atoms with Crippen molar-refractivity contribution in [2.24, 2.45) is 0 Å². The molecule has 1 N–H and O–H groups in total. The van der Waals surface area contributed by atoms with E-state index in [-0.39, 0.29) is 11.9 Å². The molecule has 1 aliphatic heterocycles. The van der Waals surface area contributed by atoms with Gasteiger partial charge in [-0.25, -0.2) is 9.67 Å². The molecule has 0 fully saturated rings. The van der Waals surface area contributed by atoms with Crippen LogP contribution in [0.1, 0.15) is 28.3 Å². The summed E-state index contributed by atoms with van der Waals surface area (Å²) in [5, 5.41) is 11.1. The molecule has 1 atom stereocenters. The van der Waals surface area contributed by atoms with Gasteiger partial charge in [-0.15, -0.1) is 5.10 Å². The molecule has 1 amide bonds. The van der Waals surface area contributed by atoms with Gasteiger partial charge in [-0.3, -0.25) is 4.79 Å². The molecule has 0 bridgehead atoms. The van der Waals surface area contributed by atoms with E-state index in [4.69, 9.17) is 0 Å². The number of nitrogens with zero attached hydrogens (tertiary/aromatic N) is 5. The summed E-state index contributed by atoms with van der Waals surface area (Å²) < 4.78 is 3.70. The van der Waals surface area contributed by atoms with Crippen LogP contribution in [0.15, 0.2) is 42.9 Å². The molecule has 0 spiro atoms. The topological polar surface area (TPSA) is 77.6 Å². The molecule has 0 unspecified atom stereocenters. The Bertz CT molecular complexity index is 863. The number of fused-ring (bicyclic) bond motifs is 1. The number of benzene rings is 1. The number of carbonyl (C=O) groups excluding carboxylic acids is 1. The molecule has 7 heteroatoms. The standard InChI is InChI=1S/C17H18N6O/c1-12-2-5-14(6-3-12)23-11-15(20-21-23)17(24)19-13-4-7-16-18-8-9-22(16)10-13/h2-3,5-6,8-9,11,13H,4,7,10H2,1H3,(H,19,24)/t13-/m1/s1. The Kier molecular flexibility index (Phi) is 3.60. The number of nitrogens with one attached hydrogen (secondary N) is 1. The molecule has 4 rings (SSSR count). The quantitative estimate of drug-likeness (QED) is 0.793. The zero-order valence-corrected chi connectivity index (χ0v) is 13.4. The first-order chi connectivity index (χ1) is 11.7. The van der Waals surface area contributed by atoms with Gasteiger partial charge in [0.05, 0.1) is 11.9 Å². The average Bonchev–Trinajstić information content (AvgIpc) is 3.24. The summed E-state index contributed by atoms with van der Waals surface area (Å²) in [6.07, 6.45) is 7.16. The number of amides is 1. The highest BCUT2D eigenvalue weighted by Crippen LogP contribution is 2.14. The highest BCUT2D eigenvalue weighted by atomic mass is 16.2. The third-order valence-corrected chi connectivity index (χ3v) is 4.29. The number of hydrogen-bond donors (Lipinski definition) is 1. The van der Waals surface area contributed by atoms with Crippen LogP contribution in [0.3, 0.4) is 0 Å². The second kappa shape index (κ2) is 5.92. The van der Waals surface area contributed by atoms with Gasteiger partial charge in [0.15, 0.2) is 5.69 Å². The smallest absolute Gasteiger partial charge is 0.273 e. The molecule has 0 saturated carbocycles. The van der Waals surface area contributed by atoms with Crippen LogP contribution < -0.4 is 5.32 Å². The minimum Gasteiger partial charge on any atom is -0.346 e. The zero-order valence-electron chi connectivity index (χ0n) is 13.4. The number of hydrogen-bond acceptors (Lipinski definition) is 4. The molecule has 24 heavy (non-hydrogen) atoms. The summed E-state index contributed by atoms with van der Waals surface area (Å²) in [6, 6.07) is 7.99. The Labute approximate surface area is 139 Å². The number of rotatable bonds is 3. The van der Waals surface area contributed by atoms with Crippen LogP contribution in [0.2, 0.25) is 0 Å². The van der Waals surface area contributed by atoms with Crippen molar-refractivity contribution in [3.8, 4) is 5.69 Å². The third kappa shape index (κ3) is 2.80. The molecule has 0 aliphatic carbocycles. The van der Waals surface area contributed by atoms with Crippen molar-refractivity contribution in [3.63, 3.8) is 0 Å². The fraction of sp³-hybridized carbons (Fsp3) is 0.294. The minimum atomic E-state index is -0.193. The second-order valence-corrected chi connectivity index (χ2v) is 6.09. The second-order valence-electron chi connectivity index (χ2n) is 6.09. The lowest BCUT2D eigenvalue weighted by molar-refractivity contribution is 0.0922. The number of imidazole rings is 1. The van der Waals surface area contributed by atoms with E-state index < -0.39 is 0 Å². The van der Waals surface area contributed by atoms with Crippen LogP contribution in [0.4, 0.5) is 0 Å². The van der Waals surface area contributed by atoms with Gasteiger partial charge in [-0.05, 0) is 25.5 Å². The summed E-state index contributed by atoms with van der Waals surface area (Å²) in [4.78, 5) is 16.7. The van der Waals surface area contributed by atoms with E-state index in [1.165, 1.54) is 5.56 Å². The summed E-state index contributed by atoms with van der Waals surface area (Å²) in [6.45, 7) is 2.77. The van der Waals surface area contributed by atoms with Crippen LogP contribution in [0.25, 0.3) is 5.69 Å². The molecule has 7 nitrogen and oxygen atoms in total. The summed E-state index contributed by atoms with van der Waals surface area (Å²) in [5.41, 5.74) is 2.38. The van der Waals surface area contributed by atoms with Gasteiger partial charge < -0.3 is 9.88 Å². The largest absolute Gasteiger partial charge is 0.346 e. The maximum absolute atomic E-state index is 12.4. The monoisotopic (exact) mass is 322 g/mol. The molecule has 0 radical (unpaired) electrons. The zero-order chi connectivity index (χ0) is 16.5. The lowest BCUT2D eigenvalue weighted by atomic mass is 10.1. The van der Waals surface area contributed by atoms with Crippen LogP contribution in [0, 0.1) is 6.92 Å². The number of aromatic nitrogens is 5. The van der Waals surface area contributed by atoms with Gasteiger partial charge in [0, 0.05) is 31.4 Å². The molecule has 1 aliphatic rings. The van der Waals surface area contributed by atoms with Crippen molar-refractivity contribution in [2.75, 3.05) is 0 Å². The highest BCUT2D eigenvalue weighted by Gasteiger charge is 2.22. The fourth-order valence-electron chi connectivity index (χ4n) is 2.94. The van der Waals surface area contributed by atoms with Crippen molar-refractivity contribution in [1.82, 2.24) is 29.9 Å². The number of aryl methyl sites for hydroxylation is 2. The van der Waals surface area contributed by atoms with Gasteiger partial charge in [0.1, 0.15) is 5.82 Å². The Hall–Kier alpha value is -2.96. The predicted molar refractivity (Wildman–Crippen MR) is 87.9 cm³/mol. The third-order valence-electron chi connectivity index (χ3n) is 4.29. The van der Waals surface area contributed by atoms with E-state index in [2.05, 4.69) is 25.2 Å². The van der Waals surface area contributed by atoms with Crippen LogP contribution in [-0.4, -0.2) is 36.5 Å². The summed E-state index contributed by atoms with van der Waals surface area (Å²) >= 11 is 0. The Morgan fingerprint density at radius 2 is 2.12 bits per heavy atom. The van der Waals surface area contributed by atoms with Crippen molar-refractivity contribution in [1.29, 1.82) is 0 Å². The lowest BCUT2D eigenvalue weighted by Crippen LogP contribution is -2.41. The Morgan fingerprint density at radius 1 is 1.29 bits per heavy atom. The van der Waals surface area contributed by atoms with Crippen molar-refractivity contribution >= 4 is 5.91 Å². The van der Waals surface area contributed by atoms with Crippen LogP contribution in [0.5, 0.6) is 0 Å². The lowest BCUT2D eigenvalue weighted by Gasteiger charge is -2.24. The summed E-state index contributed by atoms with van der Waals surface area (Å²) in [5.74, 6) is 0.882. The molecule has 122 valence electrons. The maximum Gasteiger partial charge on any atom is 0.273 e. The Balaban J connectivity index is 1.45. The molecule has 3 heterocycles. The van der Waals surface area contributed by atoms with Gasteiger partial charge in [-0.1, -0.05) is 22.9 Å². The first-order valence-corrected chi connectivity index (χ1v) is 7.99. The molecule has 1 aromatic carbocycles. The highest BCUT2D eigenvalue weighted by molar-refractivity contribution is 5.92. The average molecular weight is 322 g/mol. The van der Waals surface area contributed by atoms with Crippen LogP contribution in [-0.2, 0) is 13.0 Å². The van der Waals surface area contributed by atoms with Crippen LogP contribution >= 0.6 is 0 Å². The normalized spacial score (nSPS) is 16.6. The van der Waals surface area contributed by atoms with E-state index in [1.54, 1.807) is 17.1 Å². The van der Waals surface area contributed by atoms with E-state index in [0.29, 0.717) is 5.69 Å². The molecule has 2 aromatic heterocycles. The Morgan fingerprint density at radius 3 is 2.96 bits per heavy atom. The molecule has 3 aromatic rings. The van der Waals surface area contributed by atoms with Gasteiger partial charge in [0.2, 0.25) is 0 Å². The first-order valence-electron chi connectivity index (χ1n) is 7.99. The first kappa shape index (κ1) is 14.6. The predicted octanol–water partition coefficient (Wildman–Crippen LogP) is 1.52. The molecule has 0 saturated heterocycles. The van der Waals surface area contributed by atoms with E-state index in [9.17, 15) is 4.79 Å². The van der Waals surface area contributed by atoms with Gasteiger partial charge in [0.25, 0.3) is 5.91 Å². The van der Waals surface area contributed by atoms with Gasteiger partial charge in [-0.2, -0.15) is 0 Å². The van der Waals surface area contributed by atoms with Crippen molar-refractivity contribution in [2.45, 2.75) is 32.4 Å². The van der Waals surface area contributed by atoms with E-state index in [1.807, 2.05) is 37.4 Å². The SMILES string of the molecule is Cc1ccc(-n2cc(C(=O)N[C@@H]3CCc4nccn4C3)nn2)cc1. The molecular formula is C17H18N6O. The summed E-state index contributed by atoms with van der Waals surface area (Å²) in [7, 11) is 0. The number of carbonyl (C=O) groups is 1. The maximum atomic E-state index is 12.4. The van der Waals surface area contributed by atoms with E-state index >= 15 is 0 Å². The van der Waals surface area contributed by atoms with E-state index in [0.717, 1.165) is 30.9 Å². The minimum absolute atomic E-state index is 0.0868. The molecular weight excluding hydrogens is 304 g/mol.